The monoisotopic (exact) mass is 1650 g/mol. The Morgan fingerprint density at radius 3 is 1.80 bits per heavy atom. The number of anilines is 2. The first-order valence-corrected chi connectivity index (χ1v) is 38.9. The molecule has 5 aromatic carbocycles. The van der Waals surface area contributed by atoms with Crippen molar-refractivity contribution in [2.24, 2.45) is 22.2 Å². The molecule has 0 radical (unpaired) electrons. The topological polar surface area (TPSA) is 235 Å². The largest absolute Gasteiger partial charge is 0.488 e. The summed E-state index contributed by atoms with van der Waals surface area (Å²) < 4.78 is 155. The van der Waals surface area contributed by atoms with Crippen LogP contribution in [0.25, 0.3) is 22.2 Å². The average molecular weight is 1650 g/mol. The smallest absolute Gasteiger partial charge is 0.455 e. The molecule has 2 aliphatic heterocycles. The lowest BCUT2D eigenvalue weighted by Gasteiger charge is -2.39. The van der Waals surface area contributed by atoms with Crippen molar-refractivity contribution < 1.29 is 86.8 Å². The van der Waals surface area contributed by atoms with Crippen molar-refractivity contribution in [2.45, 2.75) is 136 Å². The lowest BCUT2D eigenvalue weighted by molar-refractivity contribution is -0.384. The number of hydrogen-bond donors (Lipinski definition) is 4. The number of fused-ring (bicyclic) bond motifs is 1. The highest BCUT2D eigenvalue weighted by Crippen LogP contribution is 2.48. The molecule has 5 aliphatic rings. The molecule has 111 heavy (non-hydrogen) atoms. The number of carbonyl (C=O) groups is 3. The maximum atomic E-state index is 14.0. The Morgan fingerprint density at radius 2 is 1.25 bits per heavy atom. The number of benzene rings is 5. The predicted molar refractivity (Wildman–Crippen MR) is 414 cm³/mol. The first kappa shape index (κ1) is 87.2. The van der Waals surface area contributed by atoms with Crippen LogP contribution in [0.2, 0.25) is 15.1 Å². The number of alkyl halides is 9. The number of nitro benzene ring substituents is 1. The fourth-order valence-electron chi connectivity index (χ4n) is 13.8. The number of ether oxygens (including phenoxy) is 2. The van der Waals surface area contributed by atoms with E-state index in [-0.39, 0.29) is 59.6 Å². The van der Waals surface area contributed by atoms with E-state index in [0.717, 1.165) is 127 Å². The Bertz CT molecular complexity index is 4800. The van der Waals surface area contributed by atoms with Gasteiger partial charge in [-0.25, -0.2) is 13.4 Å². The van der Waals surface area contributed by atoms with E-state index < -0.39 is 79.3 Å². The molecule has 596 valence electrons. The lowest BCUT2D eigenvalue weighted by Crippen LogP contribution is -2.47. The van der Waals surface area contributed by atoms with Crippen LogP contribution >= 0.6 is 46.4 Å². The van der Waals surface area contributed by atoms with E-state index in [2.05, 4.69) is 66.6 Å². The molecule has 3 aliphatic carbocycles. The number of carbonyl (C=O) groups excluding carboxylic acids is 3. The summed E-state index contributed by atoms with van der Waals surface area (Å²) in [6.07, 6.45) is 0.418. The van der Waals surface area contributed by atoms with Crippen LogP contribution in [-0.4, -0.2) is 122 Å². The highest BCUT2D eigenvalue weighted by Gasteiger charge is 2.38. The third-order valence-corrected chi connectivity index (χ3v) is 23.2. The molecule has 12 rings (SSSR count). The predicted octanol–water partition coefficient (Wildman–Crippen LogP) is 19.7. The Kier molecular flexibility index (Phi) is 28.4. The normalized spacial score (nSPS) is 17.7. The molecular formula is C79H84BCl4F9N6O11S. The molecule has 4 heterocycles. The van der Waals surface area contributed by atoms with Crippen LogP contribution in [-0.2, 0) is 42.7 Å². The van der Waals surface area contributed by atoms with Crippen molar-refractivity contribution >= 4 is 126 Å². The summed E-state index contributed by atoms with van der Waals surface area (Å²) in [4.78, 5) is 58.7. The quantitative estimate of drug-likeness (QED) is 0.0156. The van der Waals surface area contributed by atoms with Crippen molar-refractivity contribution in [3.63, 3.8) is 0 Å². The molecule has 0 atom stereocenters. The zero-order valence-electron chi connectivity index (χ0n) is 61.6. The van der Waals surface area contributed by atoms with E-state index in [4.69, 9.17) is 65.9 Å². The summed E-state index contributed by atoms with van der Waals surface area (Å²) in [6, 6.07) is 22.4. The number of sulfone groups is 1. The first-order valence-electron chi connectivity index (χ1n) is 35.7. The van der Waals surface area contributed by atoms with Gasteiger partial charge in [0, 0.05) is 92.5 Å². The van der Waals surface area contributed by atoms with E-state index in [1.165, 1.54) is 48.2 Å². The van der Waals surface area contributed by atoms with Gasteiger partial charge in [0.15, 0.2) is 15.6 Å². The van der Waals surface area contributed by atoms with Crippen molar-refractivity contribution in [3.05, 3.63) is 196 Å². The van der Waals surface area contributed by atoms with Gasteiger partial charge in [0.25, 0.3) is 5.69 Å². The van der Waals surface area contributed by atoms with Crippen LogP contribution in [0.3, 0.4) is 0 Å². The molecule has 2 saturated heterocycles. The number of aromatic amines is 1. The zero-order chi connectivity index (χ0) is 81.3. The van der Waals surface area contributed by atoms with Gasteiger partial charge in [-0.05, 0) is 199 Å². The van der Waals surface area contributed by atoms with E-state index in [0.29, 0.717) is 106 Å². The molecule has 0 unspecified atom stereocenters. The van der Waals surface area contributed by atoms with Gasteiger partial charge in [0.2, 0.25) is 0 Å². The summed E-state index contributed by atoms with van der Waals surface area (Å²) >= 11 is 23.2. The van der Waals surface area contributed by atoms with Crippen molar-refractivity contribution in [1.82, 2.24) is 14.9 Å². The number of hydrogen-bond acceptors (Lipinski definition) is 15. The number of piperazine rings is 1. The summed E-state index contributed by atoms with van der Waals surface area (Å²) in [6.45, 7) is 17.8. The lowest BCUT2D eigenvalue weighted by atomic mass is 9.72. The van der Waals surface area contributed by atoms with Crippen LogP contribution in [0.5, 0.6) is 11.5 Å². The third kappa shape index (κ3) is 23.4. The molecule has 0 spiro atoms. The van der Waals surface area contributed by atoms with Crippen LogP contribution in [0.4, 0.5) is 56.6 Å². The Balaban J connectivity index is 0.000000246. The molecule has 32 heteroatoms. The SMILES string of the molecule is CC1(C)CCC(C=O)=C(Cl)C1.CC1(C)CCC(C=O)=C(c2ccc(C(F)(F)F)c(Cl)c2)C1.CC1(C)CCC(CN2CCN(c3ccc(C(=O)CS(=O)(=O)c4ccc(NCC5CCOCC5)c([N+](=O)[O-])c4)c(Oc4cnc5[nH]ccc5c4)c3)CC2)=C(c2ccc(C(F)(F)F)c(Cl)c2)C1.OB(O)c1ccc(C(F)(F)F)c(Cl)c1. The van der Waals surface area contributed by atoms with Gasteiger partial charge < -0.3 is 34.7 Å². The van der Waals surface area contributed by atoms with E-state index >= 15 is 0 Å². The number of nitro groups is 1. The highest BCUT2D eigenvalue weighted by atomic mass is 35.5. The molecule has 0 amide bonds. The summed E-state index contributed by atoms with van der Waals surface area (Å²) in [7, 11) is -6.18. The number of H-pyrrole nitrogens is 1. The third-order valence-electron chi connectivity index (χ3n) is 20.3. The van der Waals surface area contributed by atoms with E-state index in [9.17, 15) is 72.4 Å². The molecule has 4 N–H and O–H groups in total. The van der Waals surface area contributed by atoms with Gasteiger partial charge in [-0.2, -0.15) is 39.5 Å². The number of rotatable bonds is 18. The number of nitrogens with zero attached hydrogens (tertiary/aromatic N) is 4. The van der Waals surface area contributed by atoms with Crippen molar-refractivity contribution in [3.8, 4) is 11.5 Å². The van der Waals surface area contributed by atoms with Gasteiger partial charge in [-0.3, -0.25) is 29.4 Å². The van der Waals surface area contributed by atoms with Gasteiger partial charge in [-0.1, -0.05) is 112 Å². The standard InChI is InChI=1S/C47H50ClF3N6O7S.C16H16ClF3O.C9H13ClO.C7H5BClF3O2/c1-46(2)13-9-33(38(25-46)31-3-7-39(40(48)22-31)47(49,50)51)28-55-15-17-56(18-16-55)34-4-6-37(44(23-34)64-35-21-32-10-14-52-45(32)54-27-35)43(58)29-65(61,62)36-5-8-41(42(24-36)57(59)60)53-26-30-11-19-63-20-12-30;1-15(2)6-5-11(9-21)12(8-15)10-3-4-13(14(17)7-10)16(18,19)20;1-9(2)4-3-7(6-11)8(10)5-9;9-6-3-4(8(13)14)1-2-5(6)7(10,11)12/h3-8,10,14,21-24,27,30,53H,9,11-13,15-20,25-26,28-29H2,1-2H3,(H,52,54);3-4,7,9H,5-6,8H2,1-2H3;6H,3-5H2,1-2H3;1-3,13-14H. The van der Waals surface area contributed by atoms with Gasteiger partial charge in [-0.15, -0.1) is 0 Å². The number of aromatic nitrogens is 2. The van der Waals surface area contributed by atoms with E-state index in [1.807, 2.05) is 6.07 Å². The first-order chi connectivity index (χ1) is 51.9. The minimum Gasteiger partial charge on any atom is -0.455 e. The fraction of sp³-hybridized carbons (Fsp3) is 0.418. The van der Waals surface area contributed by atoms with Crippen LogP contribution < -0.4 is 20.4 Å². The molecule has 0 saturated carbocycles. The molecule has 7 aromatic rings. The second kappa shape index (κ2) is 36.1. The Hall–Kier alpha value is -7.80. The fourth-order valence-corrected chi connectivity index (χ4v) is 16.4. The van der Waals surface area contributed by atoms with Gasteiger partial charge >= 0.3 is 25.6 Å². The minimum absolute atomic E-state index is 0.0115. The van der Waals surface area contributed by atoms with Gasteiger partial charge in [0.05, 0.1) is 53.3 Å². The number of Topliss-reactive ketones (excluding diaryl/α,β-unsaturated/α-hetero) is 1. The van der Waals surface area contributed by atoms with Crippen molar-refractivity contribution in [1.29, 1.82) is 0 Å². The second-order valence-electron chi connectivity index (χ2n) is 30.5. The van der Waals surface area contributed by atoms with Crippen LogP contribution in [0.15, 0.2) is 142 Å². The molecule has 0 bridgehead atoms. The summed E-state index contributed by atoms with van der Waals surface area (Å²) in [5.74, 6) is -1.02. The number of aldehydes is 2. The number of allylic oxidation sites excluding steroid dienone is 5. The Labute approximate surface area is 657 Å². The Morgan fingerprint density at radius 1 is 0.703 bits per heavy atom. The van der Waals surface area contributed by atoms with Crippen LogP contribution in [0.1, 0.15) is 150 Å². The number of halogens is 13. The highest BCUT2D eigenvalue weighted by molar-refractivity contribution is 7.92. The molecule has 2 fully saturated rings. The maximum absolute atomic E-state index is 14.0. The van der Waals surface area contributed by atoms with Crippen LogP contribution in [0, 0.1) is 32.3 Å². The number of nitrogens with one attached hydrogen (secondary N) is 2. The zero-order valence-corrected chi connectivity index (χ0v) is 65.4. The van der Waals surface area contributed by atoms with Gasteiger partial charge in [0.1, 0.15) is 41.2 Å². The maximum Gasteiger partial charge on any atom is 0.488 e. The second-order valence-corrected chi connectivity index (χ2v) is 34.1. The summed E-state index contributed by atoms with van der Waals surface area (Å²) in [5.41, 5.74) is 4.45. The average Bonchev–Trinajstić information content (AvgIpc) is 1.06. The molecule has 2 aromatic heterocycles. The van der Waals surface area contributed by atoms with Crippen molar-refractivity contribution in [2.75, 3.05) is 68.5 Å². The molecule has 17 nitrogen and oxygen atoms in total. The van der Waals surface area contributed by atoms with E-state index in [1.54, 1.807) is 30.5 Å². The minimum atomic E-state index is -4.54. The summed E-state index contributed by atoms with van der Waals surface area (Å²) in [5, 5.41) is 32.8. The number of ketones is 1. The number of pyridine rings is 1. The molecular weight excluding hydrogens is 1560 g/mol.